The summed E-state index contributed by atoms with van der Waals surface area (Å²) in [5, 5.41) is 13.3. The maximum Gasteiger partial charge on any atom is 0.236 e. The quantitative estimate of drug-likeness (QED) is 0.777. The van der Waals surface area contributed by atoms with E-state index in [0.717, 1.165) is 19.4 Å². The van der Waals surface area contributed by atoms with E-state index in [2.05, 4.69) is 14.7 Å². The topological polar surface area (TPSA) is 82.7 Å². The lowest BCUT2D eigenvalue weighted by Gasteiger charge is -2.30. The second-order valence-electron chi connectivity index (χ2n) is 4.94. The number of rotatable bonds is 5. The van der Waals surface area contributed by atoms with E-state index >= 15 is 0 Å². The van der Waals surface area contributed by atoms with Crippen molar-refractivity contribution in [2.24, 2.45) is 0 Å². The average Bonchev–Trinajstić information content (AvgIpc) is 2.89. The Balaban J connectivity index is 1.72. The number of hydrogen-bond donors (Lipinski definition) is 1. The summed E-state index contributed by atoms with van der Waals surface area (Å²) in [5.74, 6) is 0.658. The Morgan fingerprint density at radius 2 is 2.53 bits per heavy atom. The Morgan fingerprint density at radius 3 is 3.21 bits per heavy atom. The SMILES string of the molecule is CN(CCc1ncon1)C(=O)CN1CCC[C@@H](O)C1. The van der Waals surface area contributed by atoms with Crippen molar-refractivity contribution in [2.45, 2.75) is 25.4 Å². The molecule has 1 aliphatic heterocycles. The fraction of sp³-hybridized carbons (Fsp3) is 0.750. The smallest absolute Gasteiger partial charge is 0.236 e. The van der Waals surface area contributed by atoms with Crippen molar-refractivity contribution in [1.82, 2.24) is 19.9 Å². The summed E-state index contributed by atoms with van der Waals surface area (Å²) >= 11 is 0. The van der Waals surface area contributed by atoms with Gasteiger partial charge in [-0.2, -0.15) is 4.98 Å². The van der Waals surface area contributed by atoms with Crippen LogP contribution in [0.5, 0.6) is 0 Å². The molecule has 0 bridgehead atoms. The Morgan fingerprint density at radius 1 is 1.68 bits per heavy atom. The van der Waals surface area contributed by atoms with Gasteiger partial charge in [0.25, 0.3) is 0 Å². The highest BCUT2D eigenvalue weighted by atomic mass is 16.5. The number of aliphatic hydroxyl groups is 1. The Bertz CT molecular complexity index is 396. The third-order valence-electron chi connectivity index (χ3n) is 3.34. The van der Waals surface area contributed by atoms with Crippen molar-refractivity contribution < 1.29 is 14.4 Å². The van der Waals surface area contributed by atoms with E-state index in [0.29, 0.717) is 31.9 Å². The zero-order valence-corrected chi connectivity index (χ0v) is 11.2. The van der Waals surface area contributed by atoms with E-state index in [1.807, 2.05) is 4.90 Å². The number of likely N-dealkylation sites (tertiary alicyclic amines) is 1. The molecule has 0 unspecified atom stereocenters. The minimum Gasteiger partial charge on any atom is -0.392 e. The van der Waals surface area contributed by atoms with Crippen molar-refractivity contribution >= 4 is 5.91 Å². The number of aliphatic hydroxyl groups excluding tert-OH is 1. The summed E-state index contributed by atoms with van der Waals surface area (Å²) in [4.78, 5) is 19.6. The van der Waals surface area contributed by atoms with E-state index in [1.165, 1.54) is 6.39 Å². The number of hydrogen-bond acceptors (Lipinski definition) is 6. The molecule has 1 N–H and O–H groups in total. The van der Waals surface area contributed by atoms with Gasteiger partial charge in [-0.25, -0.2) is 0 Å². The molecule has 1 aromatic heterocycles. The summed E-state index contributed by atoms with van der Waals surface area (Å²) in [5.41, 5.74) is 0. The molecule has 1 fully saturated rings. The molecule has 0 aliphatic carbocycles. The number of carbonyl (C=O) groups excluding carboxylic acids is 1. The molecule has 2 heterocycles. The molecule has 7 heteroatoms. The summed E-state index contributed by atoms with van der Waals surface area (Å²) < 4.78 is 4.64. The highest BCUT2D eigenvalue weighted by molar-refractivity contribution is 5.78. The molecule has 19 heavy (non-hydrogen) atoms. The van der Waals surface area contributed by atoms with Gasteiger partial charge in [0.1, 0.15) is 0 Å². The van der Waals surface area contributed by atoms with Crippen LogP contribution >= 0.6 is 0 Å². The summed E-state index contributed by atoms with van der Waals surface area (Å²) in [7, 11) is 1.77. The molecule has 1 aromatic rings. The Kier molecular flexibility index (Phi) is 4.86. The van der Waals surface area contributed by atoms with Gasteiger partial charge in [-0.1, -0.05) is 5.16 Å². The fourth-order valence-corrected chi connectivity index (χ4v) is 2.18. The second-order valence-corrected chi connectivity index (χ2v) is 4.94. The van der Waals surface area contributed by atoms with Crippen LogP contribution in [0, 0.1) is 0 Å². The van der Waals surface area contributed by atoms with Gasteiger partial charge in [-0.3, -0.25) is 9.69 Å². The summed E-state index contributed by atoms with van der Waals surface area (Å²) in [6, 6.07) is 0. The van der Waals surface area contributed by atoms with Gasteiger partial charge in [0.05, 0.1) is 12.6 Å². The van der Waals surface area contributed by atoms with Crippen molar-refractivity contribution in [3.05, 3.63) is 12.2 Å². The predicted molar refractivity (Wildman–Crippen MR) is 67.3 cm³/mol. The molecule has 1 saturated heterocycles. The lowest BCUT2D eigenvalue weighted by Crippen LogP contribution is -2.45. The molecule has 0 spiro atoms. The maximum atomic E-state index is 12.0. The molecule has 2 rings (SSSR count). The van der Waals surface area contributed by atoms with Gasteiger partial charge in [-0.05, 0) is 19.4 Å². The first-order valence-electron chi connectivity index (χ1n) is 6.55. The van der Waals surface area contributed by atoms with E-state index in [-0.39, 0.29) is 12.0 Å². The summed E-state index contributed by atoms with van der Waals surface area (Å²) in [6.07, 6.45) is 3.35. The molecule has 1 atom stereocenters. The van der Waals surface area contributed by atoms with Gasteiger partial charge >= 0.3 is 0 Å². The highest BCUT2D eigenvalue weighted by Crippen LogP contribution is 2.09. The Labute approximate surface area is 112 Å². The lowest BCUT2D eigenvalue weighted by molar-refractivity contribution is -0.131. The summed E-state index contributed by atoms with van der Waals surface area (Å²) in [6.45, 7) is 2.39. The molecule has 1 aliphatic rings. The lowest BCUT2D eigenvalue weighted by atomic mass is 10.1. The van der Waals surface area contributed by atoms with Gasteiger partial charge in [0, 0.05) is 26.6 Å². The van der Waals surface area contributed by atoms with Crippen LogP contribution in [-0.2, 0) is 11.2 Å². The predicted octanol–water partition coefficient (Wildman–Crippen LogP) is -0.473. The maximum absolute atomic E-state index is 12.0. The number of likely N-dealkylation sites (N-methyl/N-ethyl adjacent to an activating group) is 1. The van der Waals surface area contributed by atoms with Gasteiger partial charge in [0.2, 0.25) is 12.3 Å². The number of β-amino-alcohol motifs (C(OH)–C–C–N with tert-alkyl or cyclic N) is 1. The molecule has 0 aromatic carbocycles. The molecule has 7 nitrogen and oxygen atoms in total. The fourth-order valence-electron chi connectivity index (χ4n) is 2.18. The first-order valence-corrected chi connectivity index (χ1v) is 6.55. The highest BCUT2D eigenvalue weighted by Gasteiger charge is 2.21. The van der Waals surface area contributed by atoms with E-state index in [4.69, 9.17) is 0 Å². The van der Waals surface area contributed by atoms with Gasteiger partial charge in [0.15, 0.2) is 5.82 Å². The normalized spacial score (nSPS) is 20.4. The van der Waals surface area contributed by atoms with Gasteiger partial charge in [-0.15, -0.1) is 0 Å². The van der Waals surface area contributed by atoms with Crippen LogP contribution in [0.15, 0.2) is 10.9 Å². The van der Waals surface area contributed by atoms with Crippen LogP contribution in [0.4, 0.5) is 0 Å². The Hall–Kier alpha value is -1.47. The monoisotopic (exact) mass is 268 g/mol. The zero-order valence-electron chi connectivity index (χ0n) is 11.2. The number of nitrogens with zero attached hydrogens (tertiary/aromatic N) is 4. The first kappa shape index (κ1) is 14.0. The number of carbonyl (C=O) groups is 1. The van der Waals surface area contributed by atoms with Crippen LogP contribution in [0.2, 0.25) is 0 Å². The molecule has 1 amide bonds. The second kappa shape index (κ2) is 6.63. The minimum absolute atomic E-state index is 0.0533. The van der Waals surface area contributed by atoms with Crippen LogP contribution in [0.25, 0.3) is 0 Å². The van der Waals surface area contributed by atoms with Crippen LogP contribution < -0.4 is 0 Å². The van der Waals surface area contributed by atoms with Crippen LogP contribution in [-0.4, -0.2) is 70.3 Å². The van der Waals surface area contributed by atoms with E-state index in [1.54, 1.807) is 11.9 Å². The zero-order chi connectivity index (χ0) is 13.7. The molecule has 0 saturated carbocycles. The van der Waals surface area contributed by atoms with Crippen LogP contribution in [0.1, 0.15) is 18.7 Å². The molecule has 0 radical (unpaired) electrons. The molecule has 106 valence electrons. The third kappa shape index (κ3) is 4.29. The largest absolute Gasteiger partial charge is 0.392 e. The van der Waals surface area contributed by atoms with Crippen molar-refractivity contribution in [3.63, 3.8) is 0 Å². The van der Waals surface area contributed by atoms with Crippen molar-refractivity contribution in [2.75, 3.05) is 33.2 Å². The average molecular weight is 268 g/mol. The minimum atomic E-state index is -0.300. The molecular weight excluding hydrogens is 248 g/mol. The first-order chi connectivity index (χ1) is 9.15. The van der Waals surface area contributed by atoms with Crippen LogP contribution in [0.3, 0.4) is 0 Å². The van der Waals surface area contributed by atoms with E-state index in [9.17, 15) is 9.90 Å². The number of amides is 1. The standard InChI is InChI=1S/C12H20N4O3/c1-15(6-4-11-13-9-19-14-11)12(18)8-16-5-2-3-10(17)7-16/h9-10,17H,2-8H2,1H3/t10-/m1/s1. The van der Waals surface area contributed by atoms with E-state index < -0.39 is 0 Å². The third-order valence-corrected chi connectivity index (χ3v) is 3.34. The van der Waals surface area contributed by atoms with Crippen molar-refractivity contribution in [3.8, 4) is 0 Å². The number of piperidine rings is 1. The van der Waals surface area contributed by atoms with Gasteiger partial charge < -0.3 is 14.5 Å². The number of aromatic nitrogens is 2. The van der Waals surface area contributed by atoms with Crippen molar-refractivity contribution in [1.29, 1.82) is 0 Å². The molecular formula is C12H20N4O3.